The number of hydrogen-bond donors (Lipinski definition) is 0. The molecule has 0 atom stereocenters. The summed E-state index contributed by atoms with van der Waals surface area (Å²) in [6.07, 6.45) is 0.569. The third-order valence-corrected chi connectivity index (χ3v) is 1.08. The Morgan fingerprint density at radius 1 is 1.67 bits per heavy atom. The Morgan fingerprint density at radius 3 is 2.17 bits per heavy atom. The fraction of sp³-hybridized carbons (Fsp3) is 0.667. The molecule has 0 saturated carbocycles. The molecule has 0 spiro atoms. The first-order chi connectivity index (χ1) is 2.77. The lowest BCUT2D eigenvalue weighted by molar-refractivity contribution is -0.109. The molecule has 36 valence electrons. The highest BCUT2D eigenvalue weighted by molar-refractivity contribution is 9.18. The van der Waals surface area contributed by atoms with Gasteiger partial charge in [-0.05, 0) is 15.9 Å². The van der Waals surface area contributed by atoms with E-state index in [9.17, 15) is 4.79 Å². The second-order valence-electron chi connectivity index (χ2n) is 0.794. The summed E-state index contributed by atoms with van der Waals surface area (Å²) < 4.78 is 0.0550. The van der Waals surface area contributed by atoms with Crippen molar-refractivity contribution in [3.8, 4) is 0 Å². The molecule has 0 aromatic heterocycles. The molecule has 0 fully saturated rings. The third-order valence-electron chi connectivity index (χ3n) is 0.291. The summed E-state index contributed by atoms with van der Waals surface area (Å²) in [5.41, 5.74) is 0. The number of rotatable bonds is 2. The van der Waals surface area contributed by atoms with Crippen molar-refractivity contribution in [1.82, 2.24) is 0 Å². The summed E-state index contributed by atoms with van der Waals surface area (Å²) in [6, 6.07) is 0. The van der Waals surface area contributed by atoms with Gasteiger partial charge in [0, 0.05) is 11.8 Å². The van der Waals surface area contributed by atoms with E-state index in [-0.39, 0.29) is 4.69 Å². The fourth-order valence-electron chi connectivity index (χ4n) is 0.0743. The Balaban J connectivity index is 2.83. The van der Waals surface area contributed by atoms with E-state index in [0.717, 1.165) is 5.33 Å². The highest BCUT2D eigenvalue weighted by atomic mass is 79.9. The molecular weight excluding hydrogens is 212 g/mol. The molecule has 0 saturated heterocycles. The van der Waals surface area contributed by atoms with E-state index < -0.39 is 0 Å². The van der Waals surface area contributed by atoms with Gasteiger partial charge in [0.25, 0.3) is 0 Å². The van der Waals surface area contributed by atoms with Crippen LogP contribution in [0, 0.1) is 0 Å². The van der Waals surface area contributed by atoms with E-state index in [0.29, 0.717) is 6.42 Å². The summed E-state index contributed by atoms with van der Waals surface area (Å²) in [5, 5.41) is 0.747. The van der Waals surface area contributed by atoms with E-state index in [1.807, 2.05) is 0 Å². The van der Waals surface area contributed by atoms with Crippen molar-refractivity contribution in [3.05, 3.63) is 0 Å². The van der Waals surface area contributed by atoms with E-state index in [1.54, 1.807) is 0 Å². The molecule has 0 radical (unpaired) electrons. The maximum absolute atomic E-state index is 9.93. The largest absolute Gasteiger partial charge is 0.287 e. The van der Waals surface area contributed by atoms with Gasteiger partial charge in [0.05, 0.1) is 0 Å². The highest BCUT2D eigenvalue weighted by Gasteiger charge is 1.87. The Labute approximate surface area is 53.4 Å². The first-order valence-electron chi connectivity index (χ1n) is 1.51. The SMILES string of the molecule is O=C(Br)CCBr. The van der Waals surface area contributed by atoms with Crippen LogP contribution in [0.3, 0.4) is 0 Å². The molecule has 0 unspecified atom stereocenters. The summed E-state index contributed by atoms with van der Waals surface area (Å²) in [4.78, 5) is 9.93. The minimum atomic E-state index is 0.0550. The van der Waals surface area contributed by atoms with Crippen LogP contribution >= 0.6 is 31.9 Å². The maximum Gasteiger partial charge on any atom is 0.198 e. The standard InChI is InChI=1S/C3H4Br2O/c4-2-1-3(5)6/h1-2H2. The van der Waals surface area contributed by atoms with Gasteiger partial charge < -0.3 is 0 Å². The number of carbonyl (C=O) groups excluding carboxylic acids is 1. The van der Waals surface area contributed by atoms with Crippen LogP contribution in [0.4, 0.5) is 0 Å². The molecule has 0 aliphatic carbocycles. The van der Waals surface area contributed by atoms with Gasteiger partial charge in [-0.2, -0.15) is 0 Å². The maximum atomic E-state index is 9.93. The minimum Gasteiger partial charge on any atom is -0.287 e. The van der Waals surface area contributed by atoms with Gasteiger partial charge in [0.15, 0.2) is 4.69 Å². The third kappa shape index (κ3) is 4.63. The molecule has 0 aliphatic heterocycles. The van der Waals surface area contributed by atoms with Crippen molar-refractivity contribution in [3.63, 3.8) is 0 Å². The molecule has 0 bridgehead atoms. The summed E-state index contributed by atoms with van der Waals surface area (Å²) in [7, 11) is 0. The Kier molecular flexibility index (Phi) is 4.21. The first-order valence-corrected chi connectivity index (χ1v) is 3.43. The normalized spacial score (nSPS) is 8.33. The molecular formula is C3H4Br2O. The van der Waals surface area contributed by atoms with E-state index in [2.05, 4.69) is 31.9 Å². The van der Waals surface area contributed by atoms with Crippen LogP contribution in [0.15, 0.2) is 0 Å². The number of carbonyl (C=O) groups is 1. The lowest BCUT2D eigenvalue weighted by Gasteiger charge is -1.77. The second kappa shape index (κ2) is 3.81. The lowest BCUT2D eigenvalue weighted by atomic mass is 10.6. The molecule has 1 nitrogen and oxygen atoms in total. The molecule has 3 heteroatoms. The van der Waals surface area contributed by atoms with Crippen molar-refractivity contribution < 1.29 is 4.79 Å². The van der Waals surface area contributed by atoms with Gasteiger partial charge in [-0.1, -0.05) is 15.9 Å². The van der Waals surface area contributed by atoms with Gasteiger partial charge in [-0.25, -0.2) is 0 Å². The van der Waals surface area contributed by atoms with Crippen molar-refractivity contribution >= 4 is 36.6 Å². The van der Waals surface area contributed by atoms with Crippen LogP contribution in [-0.2, 0) is 4.79 Å². The van der Waals surface area contributed by atoms with E-state index in [4.69, 9.17) is 0 Å². The average molecular weight is 216 g/mol. The molecule has 0 aliphatic rings. The molecule has 0 N–H and O–H groups in total. The first kappa shape index (κ1) is 6.63. The van der Waals surface area contributed by atoms with Gasteiger partial charge in [0.1, 0.15) is 0 Å². The predicted octanol–water partition coefficient (Wildman–Crippen LogP) is 1.69. The van der Waals surface area contributed by atoms with Crippen molar-refractivity contribution in [1.29, 1.82) is 0 Å². The van der Waals surface area contributed by atoms with Crippen LogP contribution in [0.5, 0.6) is 0 Å². The minimum absolute atomic E-state index is 0.0550. The quantitative estimate of drug-likeness (QED) is 0.506. The fourth-order valence-corrected chi connectivity index (χ4v) is 1.16. The zero-order chi connectivity index (χ0) is 4.99. The lowest BCUT2D eigenvalue weighted by Crippen LogP contribution is -1.82. The Morgan fingerprint density at radius 2 is 2.17 bits per heavy atom. The van der Waals surface area contributed by atoms with Gasteiger partial charge >= 0.3 is 0 Å². The molecule has 0 amide bonds. The molecule has 0 aromatic rings. The van der Waals surface area contributed by atoms with Gasteiger partial charge in [0.2, 0.25) is 0 Å². The molecule has 0 heterocycles. The van der Waals surface area contributed by atoms with Gasteiger partial charge in [-0.15, -0.1) is 0 Å². The van der Waals surface area contributed by atoms with Crippen LogP contribution in [-0.4, -0.2) is 10.0 Å². The van der Waals surface area contributed by atoms with E-state index in [1.165, 1.54) is 0 Å². The summed E-state index contributed by atoms with van der Waals surface area (Å²) in [5.74, 6) is 0. The van der Waals surface area contributed by atoms with Crippen LogP contribution in [0.1, 0.15) is 6.42 Å². The molecule has 0 aromatic carbocycles. The van der Waals surface area contributed by atoms with Crippen LogP contribution in [0.2, 0.25) is 0 Å². The predicted molar refractivity (Wildman–Crippen MR) is 32.3 cm³/mol. The number of alkyl halides is 1. The topological polar surface area (TPSA) is 17.1 Å². The zero-order valence-electron chi connectivity index (χ0n) is 3.08. The monoisotopic (exact) mass is 214 g/mol. The average Bonchev–Trinajstić information content (AvgIpc) is 1.35. The summed E-state index contributed by atoms with van der Waals surface area (Å²) in [6.45, 7) is 0. The Bertz CT molecular complexity index is 52.8. The van der Waals surface area contributed by atoms with E-state index >= 15 is 0 Å². The smallest absolute Gasteiger partial charge is 0.198 e. The highest BCUT2D eigenvalue weighted by Crippen LogP contribution is 1.93. The Hall–Kier alpha value is 0.630. The second-order valence-corrected chi connectivity index (χ2v) is 2.47. The van der Waals surface area contributed by atoms with Crippen LogP contribution in [0.25, 0.3) is 0 Å². The molecule has 6 heavy (non-hydrogen) atoms. The molecule has 0 rings (SSSR count). The van der Waals surface area contributed by atoms with Crippen molar-refractivity contribution in [2.45, 2.75) is 6.42 Å². The van der Waals surface area contributed by atoms with Crippen molar-refractivity contribution in [2.24, 2.45) is 0 Å². The number of halogens is 2. The van der Waals surface area contributed by atoms with Crippen molar-refractivity contribution in [2.75, 3.05) is 5.33 Å². The number of hydrogen-bond acceptors (Lipinski definition) is 1. The van der Waals surface area contributed by atoms with Gasteiger partial charge in [-0.3, -0.25) is 4.79 Å². The van der Waals surface area contributed by atoms with Crippen LogP contribution < -0.4 is 0 Å². The summed E-state index contributed by atoms with van der Waals surface area (Å²) >= 11 is 5.86. The zero-order valence-corrected chi connectivity index (χ0v) is 6.25.